The van der Waals surface area contributed by atoms with Crippen molar-refractivity contribution >= 4 is 46.6 Å². The lowest BCUT2D eigenvalue weighted by atomic mass is 9.83. The Kier molecular flexibility index (Phi) is 9.14. The first-order valence-corrected chi connectivity index (χ1v) is 13.6. The number of benzene rings is 2. The number of halogens is 3. The summed E-state index contributed by atoms with van der Waals surface area (Å²) in [6, 6.07) is 8.52. The molecule has 12 heteroatoms. The third-order valence-corrected chi connectivity index (χ3v) is 7.40. The zero-order valence-corrected chi connectivity index (χ0v) is 24.1. The van der Waals surface area contributed by atoms with Crippen LogP contribution in [0.4, 0.5) is 4.39 Å². The number of oxime groups is 1. The summed E-state index contributed by atoms with van der Waals surface area (Å²) in [7, 11) is 0. The molecule has 9 nitrogen and oxygen atoms in total. The fourth-order valence-electron chi connectivity index (χ4n) is 4.79. The Bertz CT molecular complexity index is 1330. The normalized spacial score (nSPS) is 21.3. The topological polar surface area (TPSA) is 97.7 Å². The Balaban J connectivity index is 1.62. The first-order chi connectivity index (χ1) is 19.0. The quantitative estimate of drug-likeness (QED) is 0.412. The van der Waals surface area contributed by atoms with Gasteiger partial charge in [-0.05, 0) is 69.2 Å². The Morgan fingerprint density at radius 1 is 1.23 bits per heavy atom. The van der Waals surface area contributed by atoms with E-state index >= 15 is 4.39 Å². The van der Waals surface area contributed by atoms with Crippen molar-refractivity contribution in [2.24, 2.45) is 5.16 Å². The van der Waals surface area contributed by atoms with Gasteiger partial charge in [-0.1, -0.05) is 34.4 Å². The number of amides is 3. The van der Waals surface area contributed by atoms with E-state index in [2.05, 4.69) is 5.16 Å². The van der Waals surface area contributed by atoms with Crippen molar-refractivity contribution in [2.45, 2.75) is 51.9 Å². The van der Waals surface area contributed by atoms with Crippen LogP contribution < -0.4 is 0 Å². The van der Waals surface area contributed by atoms with E-state index in [0.29, 0.717) is 32.4 Å². The van der Waals surface area contributed by atoms with Crippen LogP contribution in [-0.4, -0.2) is 72.0 Å². The van der Waals surface area contributed by atoms with E-state index in [1.807, 2.05) is 0 Å². The SMILES string of the molecule is CCOCC(=O)N(C(=O)c1ccc(C2=NOC(c3cc(Cl)cc(Cl)c3)(C(C)F)C2)cc1C)[C@@H]1CON(CC)C1=O. The summed E-state index contributed by atoms with van der Waals surface area (Å²) in [5, 5.41) is 5.99. The van der Waals surface area contributed by atoms with Crippen LogP contribution in [0.3, 0.4) is 0 Å². The van der Waals surface area contributed by atoms with Gasteiger partial charge in [-0.2, -0.15) is 0 Å². The van der Waals surface area contributed by atoms with Gasteiger partial charge >= 0.3 is 0 Å². The van der Waals surface area contributed by atoms with E-state index in [-0.39, 0.29) is 38.3 Å². The first-order valence-electron chi connectivity index (χ1n) is 12.9. The van der Waals surface area contributed by atoms with E-state index in [1.54, 1.807) is 57.2 Å². The predicted molar refractivity (Wildman–Crippen MR) is 147 cm³/mol. The third-order valence-electron chi connectivity index (χ3n) is 6.97. The lowest BCUT2D eigenvalue weighted by Gasteiger charge is -2.29. The Hall–Kier alpha value is -3.05. The highest BCUT2D eigenvalue weighted by atomic mass is 35.5. The van der Waals surface area contributed by atoms with E-state index < -0.39 is 35.5 Å². The molecule has 4 rings (SSSR count). The molecule has 2 aliphatic heterocycles. The summed E-state index contributed by atoms with van der Waals surface area (Å²) in [6.07, 6.45) is -1.36. The maximum Gasteiger partial charge on any atom is 0.271 e. The first kappa shape index (κ1) is 29.9. The molecule has 2 heterocycles. The molecule has 3 atom stereocenters. The number of likely N-dealkylation sites (N-methyl/N-ethyl adjacent to an activating group) is 1. The van der Waals surface area contributed by atoms with Gasteiger partial charge in [-0.25, -0.2) is 9.45 Å². The molecule has 0 N–H and O–H groups in total. The number of ether oxygens (including phenoxy) is 1. The van der Waals surface area contributed by atoms with Crippen LogP contribution in [0.1, 0.15) is 54.2 Å². The van der Waals surface area contributed by atoms with Gasteiger partial charge in [-0.3, -0.25) is 24.1 Å². The summed E-state index contributed by atoms with van der Waals surface area (Å²) in [5.41, 5.74) is 0.829. The lowest BCUT2D eigenvalue weighted by Crippen LogP contribution is -2.51. The summed E-state index contributed by atoms with van der Waals surface area (Å²) in [4.78, 5) is 51.5. The molecule has 2 aromatic carbocycles. The van der Waals surface area contributed by atoms with Crippen molar-refractivity contribution in [1.82, 2.24) is 9.96 Å². The number of aryl methyl sites for hydroxylation is 1. The second-order valence-corrected chi connectivity index (χ2v) is 10.4. The van der Waals surface area contributed by atoms with E-state index in [0.717, 1.165) is 9.96 Å². The predicted octanol–water partition coefficient (Wildman–Crippen LogP) is 4.85. The standard InChI is InChI=1S/C28H30Cl2FN3O6/c1-5-33-27(37)24(14-39-33)34(25(35)15-38-6-2)26(36)22-8-7-18(9-16(22)3)23-13-28(17(4)31,40-32-23)19-10-20(29)12-21(30)11-19/h7-12,17,24H,5-6,13-15H2,1-4H3/t17?,24-,28?/m1/s1. The molecule has 0 radical (unpaired) electrons. The lowest BCUT2D eigenvalue weighted by molar-refractivity contribution is -0.161. The molecule has 2 unspecified atom stereocenters. The molecule has 1 saturated heterocycles. The Labute approximate surface area is 241 Å². The van der Waals surface area contributed by atoms with E-state index in [9.17, 15) is 14.4 Å². The van der Waals surface area contributed by atoms with Crippen molar-refractivity contribution in [2.75, 3.05) is 26.4 Å². The number of carbonyl (C=O) groups excluding carboxylic acids is 3. The highest BCUT2D eigenvalue weighted by Crippen LogP contribution is 2.42. The monoisotopic (exact) mass is 593 g/mol. The molecule has 0 saturated carbocycles. The average Bonchev–Trinajstić information content (AvgIpc) is 3.52. The molecule has 1 fully saturated rings. The van der Waals surface area contributed by atoms with Gasteiger partial charge in [0, 0.05) is 40.7 Å². The maximum atomic E-state index is 15.0. The van der Waals surface area contributed by atoms with Gasteiger partial charge < -0.3 is 9.57 Å². The zero-order valence-electron chi connectivity index (χ0n) is 22.6. The van der Waals surface area contributed by atoms with Crippen LogP contribution in [0, 0.1) is 6.92 Å². The molecule has 2 aliphatic rings. The summed E-state index contributed by atoms with van der Waals surface area (Å²) < 4.78 is 20.2. The van der Waals surface area contributed by atoms with Gasteiger partial charge in [-0.15, -0.1) is 0 Å². The van der Waals surface area contributed by atoms with E-state index in [1.165, 1.54) is 6.92 Å². The number of nitrogens with zero attached hydrogens (tertiary/aromatic N) is 3. The molecular weight excluding hydrogens is 564 g/mol. The van der Waals surface area contributed by atoms with Crippen molar-refractivity contribution in [3.63, 3.8) is 0 Å². The number of hydroxylamine groups is 2. The fraction of sp³-hybridized carbons (Fsp3) is 0.429. The van der Waals surface area contributed by atoms with Crippen molar-refractivity contribution < 1.29 is 33.2 Å². The number of alkyl halides is 1. The fourth-order valence-corrected chi connectivity index (χ4v) is 5.32. The van der Waals surface area contributed by atoms with Gasteiger partial charge in [0.2, 0.25) is 0 Å². The number of rotatable bonds is 9. The van der Waals surface area contributed by atoms with Crippen LogP contribution in [0.2, 0.25) is 10.0 Å². The smallest absolute Gasteiger partial charge is 0.271 e. The molecule has 0 aliphatic carbocycles. The van der Waals surface area contributed by atoms with Gasteiger partial charge in [0.25, 0.3) is 17.7 Å². The minimum Gasteiger partial charge on any atom is -0.381 e. The largest absolute Gasteiger partial charge is 0.381 e. The third kappa shape index (κ3) is 5.72. The molecule has 3 amide bonds. The van der Waals surface area contributed by atoms with E-state index in [4.69, 9.17) is 37.6 Å². The minimum absolute atomic E-state index is 0.0911. The Morgan fingerprint density at radius 3 is 2.50 bits per heavy atom. The maximum absolute atomic E-state index is 15.0. The van der Waals surface area contributed by atoms with Gasteiger partial charge in [0.15, 0.2) is 5.60 Å². The molecule has 214 valence electrons. The summed E-state index contributed by atoms with van der Waals surface area (Å²) >= 11 is 12.3. The highest BCUT2D eigenvalue weighted by Gasteiger charge is 2.47. The number of hydrogen-bond acceptors (Lipinski definition) is 7. The van der Waals surface area contributed by atoms with Crippen LogP contribution in [-0.2, 0) is 29.6 Å². The number of carbonyl (C=O) groups is 3. The van der Waals surface area contributed by atoms with Crippen molar-refractivity contribution in [3.8, 4) is 0 Å². The van der Waals surface area contributed by atoms with Crippen LogP contribution in [0.15, 0.2) is 41.6 Å². The number of hydrogen-bond donors (Lipinski definition) is 0. The molecule has 0 bridgehead atoms. The molecule has 2 aromatic rings. The minimum atomic E-state index is -1.45. The second kappa shape index (κ2) is 12.2. The van der Waals surface area contributed by atoms with Crippen molar-refractivity contribution in [1.29, 1.82) is 0 Å². The van der Waals surface area contributed by atoms with Crippen molar-refractivity contribution in [3.05, 3.63) is 68.7 Å². The zero-order chi connectivity index (χ0) is 29.2. The molecule has 40 heavy (non-hydrogen) atoms. The molecular formula is C28H30Cl2FN3O6. The average molecular weight is 594 g/mol. The van der Waals surface area contributed by atoms with Gasteiger partial charge in [0.05, 0.1) is 5.71 Å². The summed E-state index contributed by atoms with van der Waals surface area (Å²) in [6.45, 7) is 6.57. The summed E-state index contributed by atoms with van der Waals surface area (Å²) in [5.74, 6) is -1.78. The van der Waals surface area contributed by atoms with Crippen LogP contribution in [0.5, 0.6) is 0 Å². The Morgan fingerprint density at radius 2 is 1.93 bits per heavy atom. The highest BCUT2D eigenvalue weighted by molar-refractivity contribution is 6.34. The van der Waals surface area contributed by atoms with Crippen LogP contribution >= 0.6 is 23.2 Å². The number of imide groups is 1. The second-order valence-electron chi connectivity index (χ2n) is 9.55. The molecule has 0 aromatic heterocycles. The van der Waals surface area contributed by atoms with Crippen LogP contribution in [0.25, 0.3) is 0 Å². The van der Waals surface area contributed by atoms with Gasteiger partial charge in [0.1, 0.15) is 25.4 Å². The molecule has 0 spiro atoms.